The van der Waals surface area contributed by atoms with Crippen molar-refractivity contribution in [2.75, 3.05) is 7.05 Å². The molecular weight excluding hydrogens is 408 g/mol. The van der Waals surface area contributed by atoms with E-state index in [0.717, 1.165) is 15.6 Å². The number of carbonyl (C=O) groups is 2. The Balaban J connectivity index is 1.76. The number of carbonyl (C=O) groups excluding carboxylic acids is 2. The molecule has 1 heterocycles. The third-order valence-electron chi connectivity index (χ3n) is 4.14. The topological polar surface area (TPSA) is 86.9 Å². The molecule has 3 rings (SSSR count). The zero-order chi connectivity index (χ0) is 19.2. The Morgan fingerprint density at radius 1 is 1.11 bits per heavy atom. The lowest BCUT2D eigenvalue weighted by Gasteiger charge is -2.17. The van der Waals surface area contributed by atoms with Gasteiger partial charge >= 0.3 is 0 Å². The average Bonchev–Trinajstić information content (AvgIpc) is 3.19. The van der Waals surface area contributed by atoms with Crippen molar-refractivity contribution < 1.29 is 9.59 Å². The second-order valence-corrected chi connectivity index (χ2v) is 6.82. The SMILES string of the molecule is CNC(=O)[C@H](Cc1ccccc1Br)NC(=O)c1cc(-c2ccccc2)n[nH]1. The van der Waals surface area contributed by atoms with Crippen LogP contribution in [0, 0.1) is 0 Å². The summed E-state index contributed by atoms with van der Waals surface area (Å²) in [6, 6.07) is 18.1. The molecular formula is C20H19BrN4O2. The predicted molar refractivity (Wildman–Crippen MR) is 107 cm³/mol. The summed E-state index contributed by atoms with van der Waals surface area (Å²) < 4.78 is 0.890. The molecule has 27 heavy (non-hydrogen) atoms. The number of aromatic amines is 1. The number of benzene rings is 2. The lowest BCUT2D eigenvalue weighted by Crippen LogP contribution is -2.47. The van der Waals surface area contributed by atoms with Crippen LogP contribution in [0.1, 0.15) is 16.1 Å². The Morgan fingerprint density at radius 3 is 2.52 bits per heavy atom. The number of hydrogen-bond acceptors (Lipinski definition) is 3. The fraction of sp³-hybridized carbons (Fsp3) is 0.150. The van der Waals surface area contributed by atoms with Crippen molar-refractivity contribution in [3.05, 3.63) is 76.4 Å². The number of H-pyrrole nitrogens is 1. The third-order valence-corrected chi connectivity index (χ3v) is 4.92. The molecule has 1 atom stereocenters. The summed E-state index contributed by atoms with van der Waals surface area (Å²) in [5.41, 5.74) is 2.81. The van der Waals surface area contributed by atoms with Gasteiger partial charge in [-0.3, -0.25) is 14.7 Å². The molecule has 0 aliphatic rings. The van der Waals surface area contributed by atoms with E-state index in [1.165, 1.54) is 0 Å². The van der Waals surface area contributed by atoms with E-state index in [2.05, 4.69) is 36.8 Å². The molecule has 7 heteroatoms. The van der Waals surface area contributed by atoms with Crippen LogP contribution < -0.4 is 10.6 Å². The van der Waals surface area contributed by atoms with Gasteiger partial charge in [0.1, 0.15) is 11.7 Å². The molecule has 6 nitrogen and oxygen atoms in total. The first-order chi connectivity index (χ1) is 13.1. The predicted octanol–water partition coefficient (Wildman–Crippen LogP) is 2.93. The number of amides is 2. The Bertz CT molecular complexity index is 940. The summed E-state index contributed by atoms with van der Waals surface area (Å²) in [6.07, 6.45) is 0.368. The number of nitrogens with one attached hydrogen (secondary N) is 3. The number of halogens is 1. The fourth-order valence-electron chi connectivity index (χ4n) is 2.70. The quantitative estimate of drug-likeness (QED) is 0.566. The van der Waals surface area contributed by atoms with Gasteiger partial charge in [-0.05, 0) is 17.7 Å². The average molecular weight is 427 g/mol. The zero-order valence-electron chi connectivity index (χ0n) is 14.7. The Kier molecular flexibility index (Phi) is 6.03. The molecule has 0 spiro atoms. The highest BCUT2D eigenvalue weighted by molar-refractivity contribution is 9.10. The number of rotatable bonds is 6. The van der Waals surface area contributed by atoms with E-state index in [1.54, 1.807) is 13.1 Å². The summed E-state index contributed by atoms with van der Waals surface area (Å²) in [5, 5.41) is 12.3. The van der Waals surface area contributed by atoms with Crippen LogP contribution in [0.3, 0.4) is 0 Å². The fourth-order valence-corrected chi connectivity index (χ4v) is 3.14. The summed E-state index contributed by atoms with van der Waals surface area (Å²) in [6.45, 7) is 0. The van der Waals surface area contributed by atoms with Gasteiger partial charge in [0.15, 0.2) is 0 Å². The molecule has 0 aliphatic heterocycles. The number of aromatic nitrogens is 2. The second kappa shape index (κ2) is 8.64. The van der Waals surface area contributed by atoms with Crippen LogP contribution in [0.5, 0.6) is 0 Å². The van der Waals surface area contributed by atoms with Crippen LogP contribution in [0.25, 0.3) is 11.3 Å². The molecule has 3 N–H and O–H groups in total. The highest BCUT2D eigenvalue weighted by Gasteiger charge is 2.23. The van der Waals surface area contributed by atoms with Crippen LogP contribution >= 0.6 is 15.9 Å². The van der Waals surface area contributed by atoms with Gasteiger partial charge in [0, 0.05) is 23.5 Å². The zero-order valence-corrected chi connectivity index (χ0v) is 16.3. The molecule has 0 saturated carbocycles. The molecule has 0 radical (unpaired) electrons. The van der Waals surface area contributed by atoms with E-state index in [0.29, 0.717) is 17.8 Å². The first kappa shape index (κ1) is 18.8. The normalized spacial score (nSPS) is 11.6. The van der Waals surface area contributed by atoms with Crippen molar-refractivity contribution >= 4 is 27.7 Å². The van der Waals surface area contributed by atoms with Gasteiger partial charge < -0.3 is 10.6 Å². The van der Waals surface area contributed by atoms with E-state index >= 15 is 0 Å². The molecule has 2 amide bonds. The van der Waals surface area contributed by atoms with Crippen LogP contribution in [0.4, 0.5) is 0 Å². The highest BCUT2D eigenvalue weighted by Crippen LogP contribution is 2.19. The van der Waals surface area contributed by atoms with E-state index in [-0.39, 0.29) is 11.8 Å². The second-order valence-electron chi connectivity index (χ2n) is 5.97. The van der Waals surface area contributed by atoms with Crippen LogP contribution in [-0.2, 0) is 11.2 Å². The molecule has 0 fully saturated rings. The molecule has 0 unspecified atom stereocenters. The smallest absolute Gasteiger partial charge is 0.269 e. The van der Waals surface area contributed by atoms with Crippen LogP contribution in [0.15, 0.2) is 65.1 Å². The molecule has 0 bridgehead atoms. The van der Waals surface area contributed by atoms with Crippen molar-refractivity contribution in [1.29, 1.82) is 0 Å². The maximum absolute atomic E-state index is 12.6. The standard InChI is InChI=1S/C20H19BrN4O2/c1-22-19(26)17(11-14-9-5-6-10-15(14)21)23-20(27)18-12-16(24-25-18)13-7-3-2-4-8-13/h2-10,12,17H,11H2,1H3,(H,22,26)(H,23,27)(H,24,25)/t17-/m0/s1. The van der Waals surface area contributed by atoms with Gasteiger partial charge in [-0.25, -0.2) is 0 Å². The van der Waals surface area contributed by atoms with Crippen molar-refractivity contribution in [1.82, 2.24) is 20.8 Å². The summed E-state index contributed by atoms with van der Waals surface area (Å²) in [5.74, 6) is -0.646. The number of hydrogen-bond donors (Lipinski definition) is 3. The summed E-state index contributed by atoms with van der Waals surface area (Å²) >= 11 is 3.48. The van der Waals surface area contributed by atoms with Crippen molar-refractivity contribution in [3.63, 3.8) is 0 Å². The van der Waals surface area contributed by atoms with Gasteiger partial charge in [0.25, 0.3) is 5.91 Å². The summed E-state index contributed by atoms with van der Waals surface area (Å²) in [7, 11) is 1.55. The van der Waals surface area contributed by atoms with E-state index < -0.39 is 6.04 Å². The molecule has 138 valence electrons. The first-order valence-electron chi connectivity index (χ1n) is 8.45. The minimum absolute atomic E-state index is 0.262. The maximum Gasteiger partial charge on any atom is 0.269 e. The monoisotopic (exact) mass is 426 g/mol. The Labute approximate surface area is 165 Å². The van der Waals surface area contributed by atoms with Crippen molar-refractivity contribution in [2.24, 2.45) is 0 Å². The molecule has 3 aromatic rings. The lowest BCUT2D eigenvalue weighted by molar-refractivity contribution is -0.122. The van der Waals surface area contributed by atoms with E-state index in [4.69, 9.17) is 0 Å². The molecule has 0 aliphatic carbocycles. The van der Waals surface area contributed by atoms with E-state index in [1.807, 2.05) is 54.6 Å². The molecule has 2 aromatic carbocycles. The first-order valence-corrected chi connectivity index (χ1v) is 9.24. The minimum atomic E-state index is -0.704. The number of nitrogens with zero attached hydrogens (tertiary/aromatic N) is 1. The van der Waals surface area contributed by atoms with Crippen molar-refractivity contribution in [2.45, 2.75) is 12.5 Å². The van der Waals surface area contributed by atoms with Crippen molar-refractivity contribution in [3.8, 4) is 11.3 Å². The third kappa shape index (κ3) is 4.62. The minimum Gasteiger partial charge on any atom is -0.357 e. The van der Waals surface area contributed by atoms with Gasteiger partial charge in [-0.1, -0.05) is 64.5 Å². The maximum atomic E-state index is 12.6. The van der Waals surface area contributed by atoms with Gasteiger partial charge in [0.2, 0.25) is 5.91 Å². The molecule has 1 aromatic heterocycles. The van der Waals surface area contributed by atoms with E-state index in [9.17, 15) is 9.59 Å². The number of likely N-dealkylation sites (N-methyl/N-ethyl adjacent to an activating group) is 1. The van der Waals surface area contributed by atoms with Crippen LogP contribution in [-0.4, -0.2) is 35.1 Å². The van der Waals surface area contributed by atoms with Crippen LogP contribution in [0.2, 0.25) is 0 Å². The van der Waals surface area contributed by atoms with Gasteiger partial charge in [-0.15, -0.1) is 0 Å². The largest absolute Gasteiger partial charge is 0.357 e. The Morgan fingerprint density at radius 2 is 1.81 bits per heavy atom. The molecule has 0 saturated heterocycles. The Hall–Kier alpha value is -2.93. The lowest BCUT2D eigenvalue weighted by atomic mass is 10.0. The summed E-state index contributed by atoms with van der Waals surface area (Å²) in [4.78, 5) is 24.9. The van der Waals surface area contributed by atoms with Gasteiger partial charge in [-0.2, -0.15) is 5.10 Å². The van der Waals surface area contributed by atoms with Gasteiger partial charge in [0.05, 0.1) is 5.69 Å². The highest BCUT2D eigenvalue weighted by atomic mass is 79.9.